The van der Waals surface area contributed by atoms with Gasteiger partial charge in [-0.15, -0.1) is 0 Å². The predicted molar refractivity (Wildman–Crippen MR) is 61.2 cm³/mol. The molecule has 15 heavy (non-hydrogen) atoms. The summed E-state index contributed by atoms with van der Waals surface area (Å²) in [5.41, 5.74) is 1.88. The highest BCUT2D eigenvalue weighted by molar-refractivity contribution is 9.10. The summed E-state index contributed by atoms with van der Waals surface area (Å²) in [5, 5.41) is 0. The van der Waals surface area contributed by atoms with Crippen LogP contribution in [0.3, 0.4) is 0 Å². The molecular weight excluding hydrogens is 260 g/mol. The van der Waals surface area contributed by atoms with Crippen LogP contribution in [-0.2, 0) is 4.74 Å². The summed E-state index contributed by atoms with van der Waals surface area (Å²) in [6.45, 7) is 1.11. The maximum Gasteiger partial charge on any atom is 0.135 e. The molecular formula is C10H11BrN2O2. The van der Waals surface area contributed by atoms with Gasteiger partial charge in [-0.2, -0.15) is 0 Å². The van der Waals surface area contributed by atoms with Crippen molar-refractivity contribution in [2.75, 3.05) is 20.3 Å². The van der Waals surface area contributed by atoms with Gasteiger partial charge in [-0.1, -0.05) is 0 Å². The number of nitrogens with zero attached hydrogens (tertiary/aromatic N) is 1. The number of methoxy groups -OCH3 is 1. The third-order valence-electron chi connectivity index (χ3n) is 2.02. The molecule has 0 fully saturated rings. The number of imidazole rings is 1. The van der Waals surface area contributed by atoms with E-state index in [2.05, 4.69) is 25.9 Å². The summed E-state index contributed by atoms with van der Waals surface area (Å²) in [7, 11) is 1.65. The normalized spacial score (nSPS) is 10.8. The summed E-state index contributed by atoms with van der Waals surface area (Å²) in [6, 6.07) is 3.84. The zero-order chi connectivity index (χ0) is 10.7. The van der Waals surface area contributed by atoms with Crippen LogP contribution in [0.5, 0.6) is 5.75 Å². The minimum atomic E-state index is 0.536. The summed E-state index contributed by atoms with van der Waals surface area (Å²) in [5.74, 6) is 0.795. The van der Waals surface area contributed by atoms with Gasteiger partial charge in [0.25, 0.3) is 0 Å². The molecule has 80 valence electrons. The summed E-state index contributed by atoms with van der Waals surface area (Å²) in [4.78, 5) is 7.19. The monoisotopic (exact) mass is 270 g/mol. The first-order chi connectivity index (χ1) is 7.31. The number of benzene rings is 1. The van der Waals surface area contributed by atoms with Crippen LogP contribution in [0.25, 0.3) is 11.0 Å². The van der Waals surface area contributed by atoms with E-state index in [1.54, 1.807) is 13.4 Å². The first kappa shape index (κ1) is 10.4. The smallest absolute Gasteiger partial charge is 0.135 e. The number of hydrogen-bond acceptors (Lipinski definition) is 3. The lowest BCUT2D eigenvalue weighted by Gasteiger charge is -2.07. The minimum absolute atomic E-state index is 0.536. The number of H-pyrrole nitrogens is 1. The molecule has 1 aromatic heterocycles. The third-order valence-corrected chi connectivity index (χ3v) is 2.64. The molecule has 5 heteroatoms. The molecule has 0 radical (unpaired) electrons. The highest BCUT2D eigenvalue weighted by Gasteiger charge is 2.05. The van der Waals surface area contributed by atoms with Gasteiger partial charge in [0, 0.05) is 13.2 Å². The molecule has 0 aliphatic rings. The predicted octanol–water partition coefficient (Wildman–Crippen LogP) is 2.35. The molecule has 2 rings (SSSR count). The Balaban J connectivity index is 2.22. The molecule has 1 N–H and O–H groups in total. The van der Waals surface area contributed by atoms with Crippen LogP contribution in [0.1, 0.15) is 0 Å². The van der Waals surface area contributed by atoms with Crippen molar-refractivity contribution in [3.05, 3.63) is 22.9 Å². The number of fused-ring (bicyclic) bond motifs is 1. The quantitative estimate of drug-likeness (QED) is 0.868. The molecule has 0 aliphatic carbocycles. The molecule has 0 aliphatic heterocycles. The topological polar surface area (TPSA) is 47.1 Å². The molecule has 0 atom stereocenters. The van der Waals surface area contributed by atoms with Gasteiger partial charge >= 0.3 is 0 Å². The number of hydrogen-bond donors (Lipinski definition) is 1. The Morgan fingerprint density at radius 2 is 2.27 bits per heavy atom. The molecule has 0 unspecified atom stereocenters. The van der Waals surface area contributed by atoms with E-state index >= 15 is 0 Å². The van der Waals surface area contributed by atoms with Crippen LogP contribution in [0.4, 0.5) is 0 Å². The van der Waals surface area contributed by atoms with Crippen molar-refractivity contribution in [1.29, 1.82) is 0 Å². The number of rotatable bonds is 4. The second kappa shape index (κ2) is 4.63. The molecule has 2 aromatic rings. The average molecular weight is 271 g/mol. The minimum Gasteiger partial charge on any atom is -0.490 e. The Hall–Kier alpha value is -1.07. The Kier molecular flexibility index (Phi) is 3.23. The van der Waals surface area contributed by atoms with E-state index in [0.29, 0.717) is 13.2 Å². The second-order valence-corrected chi connectivity index (χ2v) is 3.90. The zero-order valence-electron chi connectivity index (χ0n) is 8.29. The lowest BCUT2D eigenvalue weighted by Crippen LogP contribution is -2.04. The highest BCUT2D eigenvalue weighted by atomic mass is 79.9. The Bertz CT molecular complexity index is 456. The Morgan fingerprint density at radius 3 is 3.07 bits per heavy atom. The van der Waals surface area contributed by atoms with E-state index < -0.39 is 0 Å². The standard InChI is InChI=1S/C10H11BrN2O2/c1-14-2-3-15-10-5-9-8(4-7(10)11)12-6-13-9/h4-6H,2-3H2,1H3,(H,12,13). The fourth-order valence-electron chi connectivity index (χ4n) is 1.28. The van der Waals surface area contributed by atoms with Crippen LogP contribution >= 0.6 is 15.9 Å². The Labute approximate surface area is 95.7 Å². The van der Waals surface area contributed by atoms with E-state index in [1.165, 1.54) is 0 Å². The first-order valence-electron chi connectivity index (χ1n) is 4.55. The molecule has 1 heterocycles. The van der Waals surface area contributed by atoms with Crippen LogP contribution in [0.2, 0.25) is 0 Å². The fourth-order valence-corrected chi connectivity index (χ4v) is 1.73. The maximum atomic E-state index is 5.54. The number of nitrogens with one attached hydrogen (secondary N) is 1. The van der Waals surface area contributed by atoms with Gasteiger partial charge in [-0.3, -0.25) is 0 Å². The Morgan fingerprint density at radius 1 is 1.40 bits per heavy atom. The molecule has 0 bridgehead atoms. The van der Waals surface area contributed by atoms with Gasteiger partial charge < -0.3 is 14.5 Å². The highest BCUT2D eigenvalue weighted by Crippen LogP contribution is 2.28. The zero-order valence-corrected chi connectivity index (χ0v) is 9.87. The first-order valence-corrected chi connectivity index (χ1v) is 5.35. The molecule has 0 amide bonds. The van der Waals surface area contributed by atoms with Gasteiger partial charge in [0.05, 0.1) is 28.4 Å². The van der Waals surface area contributed by atoms with Crippen molar-refractivity contribution in [1.82, 2.24) is 9.97 Å². The number of ether oxygens (including phenoxy) is 2. The maximum absolute atomic E-state index is 5.54. The van der Waals surface area contributed by atoms with Crippen molar-refractivity contribution in [3.8, 4) is 5.75 Å². The second-order valence-electron chi connectivity index (χ2n) is 3.04. The summed E-state index contributed by atoms with van der Waals surface area (Å²) >= 11 is 3.43. The average Bonchev–Trinajstić information content (AvgIpc) is 2.65. The molecule has 1 aromatic carbocycles. The van der Waals surface area contributed by atoms with Gasteiger partial charge in [0.2, 0.25) is 0 Å². The lowest BCUT2D eigenvalue weighted by atomic mass is 10.3. The lowest BCUT2D eigenvalue weighted by molar-refractivity contribution is 0.146. The van der Waals surface area contributed by atoms with Crippen LogP contribution in [0, 0.1) is 0 Å². The van der Waals surface area contributed by atoms with Crippen molar-refractivity contribution in [2.45, 2.75) is 0 Å². The van der Waals surface area contributed by atoms with Gasteiger partial charge in [-0.05, 0) is 22.0 Å². The molecule has 0 spiro atoms. The number of aromatic amines is 1. The van der Waals surface area contributed by atoms with Crippen LogP contribution < -0.4 is 4.74 Å². The molecule has 0 saturated heterocycles. The van der Waals surface area contributed by atoms with E-state index in [4.69, 9.17) is 9.47 Å². The fraction of sp³-hybridized carbons (Fsp3) is 0.300. The van der Waals surface area contributed by atoms with Crippen molar-refractivity contribution >= 4 is 27.0 Å². The molecule has 4 nitrogen and oxygen atoms in total. The van der Waals surface area contributed by atoms with Gasteiger partial charge in [0.15, 0.2) is 0 Å². The van der Waals surface area contributed by atoms with Crippen LogP contribution in [-0.4, -0.2) is 30.3 Å². The van der Waals surface area contributed by atoms with Gasteiger partial charge in [-0.25, -0.2) is 4.98 Å². The van der Waals surface area contributed by atoms with E-state index in [9.17, 15) is 0 Å². The number of halogens is 1. The van der Waals surface area contributed by atoms with Crippen molar-refractivity contribution in [3.63, 3.8) is 0 Å². The largest absolute Gasteiger partial charge is 0.490 e. The summed E-state index contributed by atoms with van der Waals surface area (Å²) in [6.07, 6.45) is 1.66. The van der Waals surface area contributed by atoms with Gasteiger partial charge in [0.1, 0.15) is 12.4 Å². The SMILES string of the molecule is COCCOc1cc2[nH]cnc2cc1Br. The molecule has 0 saturated carbocycles. The van der Waals surface area contributed by atoms with Crippen molar-refractivity contribution < 1.29 is 9.47 Å². The third kappa shape index (κ3) is 2.30. The van der Waals surface area contributed by atoms with Crippen molar-refractivity contribution in [2.24, 2.45) is 0 Å². The van der Waals surface area contributed by atoms with Crippen LogP contribution in [0.15, 0.2) is 22.9 Å². The van der Waals surface area contributed by atoms with E-state index in [0.717, 1.165) is 21.3 Å². The summed E-state index contributed by atoms with van der Waals surface area (Å²) < 4.78 is 11.4. The number of aromatic nitrogens is 2. The van der Waals surface area contributed by atoms with E-state index in [-0.39, 0.29) is 0 Å². The van der Waals surface area contributed by atoms with E-state index in [1.807, 2.05) is 12.1 Å².